The van der Waals surface area contributed by atoms with Crippen LogP contribution in [-0.4, -0.2) is 47.1 Å². The Morgan fingerprint density at radius 2 is 1.88 bits per heavy atom. The molecule has 1 amide bonds. The number of aliphatic carboxylic acids is 1. The second-order valence-corrected chi connectivity index (χ2v) is 4.95. The quantitative estimate of drug-likeness (QED) is 0.754. The molecule has 0 spiro atoms. The van der Waals surface area contributed by atoms with Gasteiger partial charge in [0.2, 0.25) is 5.91 Å². The van der Waals surface area contributed by atoms with Crippen LogP contribution in [0.5, 0.6) is 0 Å². The number of nitrogens with one attached hydrogen (secondary N) is 1. The van der Waals surface area contributed by atoms with Crippen LogP contribution in [0.3, 0.4) is 0 Å². The average Bonchev–Trinajstić information content (AvgIpc) is 2.96. The number of hydrogen-bond donors (Lipinski definition) is 2. The lowest BCUT2D eigenvalue weighted by Gasteiger charge is -2.29. The summed E-state index contributed by atoms with van der Waals surface area (Å²) in [5.41, 5.74) is 0. The lowest BCUT2D eigenvalue weighted by Crippen LogP contribution is -2.49. The average molecular weight is 240 g/mol. The van der Waals surface area contributed by atoms with E-state index in [0.29, 0.717) is 0 Å². The first-order chi connectivity index (χ1) is 8.18. The summed E-state index contributed by atoms with van der Waals surface area (Å²) in [6, 6.07) is -0.0176. The van der Waals surface area contributed by atoms with E-state index < -0.39 is 5.97 Å². The number of nitrogens with zero attached hydrogens (tertiary/aromatic N) is 1. The van der Waals surface area contributed by atoms with E-state index in [2.05, 4.69) is 5.32 Å². The molecule has 2 N–H and O–H groups in total. The van der Waals surface area contributed by atoms with Gasteiger partial charge in [-0.25, -0.2) is 0 Å². The molecule has 0 aromatic heterocycles. The van der Waals surface area contributed by atoms with Crippen molar-refractivity contribution in [2.75, 3.05) is 13.1 Å². The van der Waals surface area contributed by atoms with Gasteiger partial charge in [-0.3, -0.25) is 9.59 Å². The minimum absolute atomic E-state index is 0.0169. The summed E-state index contributed by atoms with van der Waals surface area (Å²) >= 11 is 0. The summed E-state index contributed by atoms with van der Waals surface area (Å²) in [6.07, 6.45) is 5.94. The highest BCUT2D eigenvalue weighted by Gasteiger charge is 2.33. The molecule has 5 nitrogen and oxygen atoms in total. The van der Waals surface area contributed by atoms with Crippen molar-refractivity contribution in [1.82, 2.24) is 10.2 Å². The lowest BCUT2D eigenvalue weighted by atomic mass is 10.1. The molecule has 96 valence electrons. The van der Waals surface area contributed by atoms with E-state index in [-0.39, 0.29) is 24.5 Å². The number of carbonyl (C=O) groups is 2. The number of carboxylic acid groups (broad SMARTS) is 1. The maximum Gasteiger partial charge on any atom is 0.323 e. The zero-order valence-corrected chi connectivity index (χ0v) is 10.0. The van der Waals surface area contributed by atoms with Gasteiger partial charge in [0.1, 0.15) is 6.54 Å². The fraction of sp³-hybridized carbons (Fsp3) is 0.833. The van der Waals surface area contributed by atoms with E-state index in [9.17, 15) is 9.59 Å². The van der Waals surface area contributed by atoms with Crippen LogP contribution in [0.2, 0.25) is 0 Å². The maximum absolute atomic E-state index is 12.3. The third kappa shape index (κ3) is 2.97. The molecular formula is C12H20N2O3. The highest BCUT2D eigenvalue weighted by Crippen LogP contribution is 2.24. The zero-order valence-electron chi connectivity index (χ0n) is 10.0. The number of rotatable bonds is 4. The zero-order chi connectivity index (χ0) is 12.3. The normalized spacial score (nSPS) is 25.1. The van der Waals surface area contributed by atoms with Gasteiger partial charge in [-0.2, -0.15) is 0 Å². The second-order valence-electron chi connectivity index (χ2n) is 4.95. The molecule has 1 aliphatic heterocycles. The molecule has 0 radical (unpaired) electrons. The first kappa shape index (κ1) is 12.4. The minimum atomic E-state index is -0.914. The Morgan fingerprint density at radius 1 is 1.18 bits per heavy atom. The predicted octanol–water partition coefficient (Wildman–Crippen LogP) is 0.594. The molecule has 0 bridgehead atoms. The number of amides is 1. The van der Waals surface area contributed by atoms with Gasteiger partial charge >= 0.3 is 5.97 Å². The molecule has 1 saturated heterocycles. The van der Waals surface area contributed by atoms with Crippen LogP contribution in [0.25, 0.3) is 0 Å². The van der Waals surface area contributed by atoms with Gasteiger partial charge in [-0.05, 0) is 32.2 Å². The Labute approximate surface area is 101 Å². The Hall–Kier alpha value is -1.10. The molecule has 0 aromatic rings. The number of carbonyl (C=O) groups excluding carboxylic acids is 1. The van der Waals surface area contributed by atoms with Gasteiger partial charge in [-0.1, -0.05) is 12.8 Å². The summed E-state index contributed by atoms with van der Waals surface area (Å²) in [5, 5.41) is 12.1. The van der Waals surface area contributed by atoms with Crippen LogP contribution in [0.15, 0.2) is 0 Å². The van der Waals surface area contributed by atoms with E-state index in [4.69, 9.17) is 5.11 Å². The summed E-state index contributed by atoms with van der Waals surface area (Å²) in [6.45, 7) is 0.712. The van der Waals surface area contributed by atoms with Crippen LogP contribution in [0.1, 0.15) is 38.5 Å². The van der Waals surface area contributed by atoms with Crippen molar-refractivity contribution in [3.05, 3.63) is 0 Å². The first-order valence-electron chi connectivity index (χ1n) is 6.44. The topological polar surface area (TPSA) is 69.6 Å². The number of carboxylic acids is 1. The molecule has 0 aromatic carbocycles. The fourth-order valence-corrected chi connectivity index (χ4v) is 2.84. The van der Waals surface area contributed by atoms with Crippen LogP contribution in [0, 0.1) is 0 Å². The van der Waals surface area contributed by atoms with Crippen LogP contribution in [0.4, 0.5) is 0 Å². The lowest BCUT2D eigenvalue weighted by molar-refractivity contribution is -0.147. The van der Waals surface area contributed by atoms with Crippen LogP contribution >= 0.6 is 0 Å². The van der Waals surface area contributed by atoms with Crippen LogP contribution in [-0.2, 0) is 9.59 Å². The Balaban J connectivity index is 2.02. The predicted molar refractivity (Wildman–Crippen MR) is 62.6 cm³/mol. The fourth-order valence-electron chi connectivity index (χ4n) is 2.84. The highest BCUT2D eigenvalue weighted by atomic mass is 16.4. The monoisotopic (exact) mass is 240 g/mol. The molecule has 2 fully saturated rings. The molecule has 1 atom stereocenters. The molecule has 2 rings (SSSR count). The second kappa shape index (κ2) is 5.49. The van der Waals surface area contributed by atoms with Crippen molar-refractivity contribution in [2.24, 2.45) is 0 Å². The first-order valence-corrected chi connectivity index (χ1v) is 6.44. The van der Waals surface area contributed by atoms with Crippen molar-refractivity contribution < 1.29 is 14.7 Å². The van der Waals surface area contributed by atoms with Gasteiger partial charge in [-0.15, -0.1) is 0 Å². The molecular weight excluding hydrogens is 220 g/mol. The van der Waals surface area contributed by atoms with Crippen molar-refractivity contribution in [3.63, 3.8) is 0 Å². The molecule has 2 aliphatic rings. The third-order valence-corrected chi connectivity index (χ3v) is 3.71. The molecule has 1 aliphatic carbocycles. The standard InChI is InChI=1S/C12H20N2O3/c15-11(16)8-14(9-4-1-2-5-9)12(17)10-6-3-7-13-10/h9-10,13H,1-8H2,(H,15,16)/t10-/m0/s1. The highest BCUT2D eigenvalue weighted by molar-refractivity contribution is 5.86. The Kier molecular flexibility index (Phi) is 3.99. The Bertz CT molecular complexity index is 294. The number of hydrogen-bond acceptors (Lipinski definition) is 3. The molecule has 5 heteroatoms. The van der Waals surface area contributed by atoms with Gasteiger partial charge in [0.05, 0.1) is 6.04 Å². The smallest absolute Gasteiger partial charge is 0.323 e. The van der Waals surface area contributed by atoms with E-state index in [1.807, 2.05) is 0 Å². The molecule has 1 saturated carbocycles. The minimum Gasteiger partial charge on any atom is -0.480 e. The summed E-state index contributed by atoms with van der Waals surface area (Å²) in [5.74, 6) is -0.931. The van der Waals surface area contributed by atoms with Gasteiger partial charge in [0.15, 0.2) is 0 Å². The van der Waals surface area contributed by atoms with Crippen molar-refractivity contribution in [3.8, 4) is 0 Å². The van der Waals surface area contributed by atoms with Gasteiger partial charge < -0.3 is 15.3 Å². The van der Waals surface area contributed by atoms with Crippen molar-refractivity contribution in [2.45, 2.75) is 50.6 Å². The van der Waals surface area contributed by atoms with Crippen LogP contribution < -0.4 is 5.32 Å². The third-order valence-electron chi connectivity index (χ3n) is 3.71. The van der Waals surface area contributed by atoms with Gasteiger partial charge in [0, 0.05) is 6.04 Å². The van der Waals surface area contributed by atoms with Gasteiger partial charge in [0.25, 0.3) is 0 Å². The van der Waals surface area contributed by atoms with E-state index in [1.165, 1.54) is 0 Å². The Morgan fingerprint density at radius 3 is 2.41 bits per heavy atom. The maximum atomic E-state index is 12.3. The largest absolute Gasteiger partial charge is 0.480 e. The van der Waals surface area contributed by atoms with E-state index >= 15 is 0 Å². The molecule has 0 unspecified atom stereocenters. The van der Waals surface area contributed by atoms with Crippen molar-refractivity contribution >= 4 is 11.9 Å². The van der Waals surface area contributed by atoms with E-state index in [1.54, 1.807) is 4.90 Å². The summed E-state index contributed by atoms with van der Waals surface area (Å²) < 4.78 is 0. The van der Waals surface area contributed by atoms with Crippen molar-refractivity contribution in [1.29, 1.82) is 0 Å². The van der Waals surface area contributed by atoms with E-state index in [0.717, 1.165) is 45.1 Å². The summed E-state index contributed by atoms with van der Waals surface area (Å²) in [7, 11) is 0. The SMILES string of the molecule is O=C(O)CN(C(=O)[C@@H]1CCCN1)C1CCCC1. The summed E-state index contributed by atoms with van der Waals surface area (Å²) in [4.78, 5) is 24.7. The molecule has 1 heterocycles. The molecule has 17 heavy (non-hydrogen) atoms.